The number of halogens is 4. The lowest BCUT2D eigenvalue weighted by Crippen LogP contribution is -2.15. The zero-order chi connectivity index (χ0) is 20.3. The van der Waals surface area contributed by atoms with Gasteiger partial charge in [-0.05, 0) is 52.5 Å². The molecule has 0 N–H and O–H groups in total. The summed E-state index contributed by atoms with van der Waals surface area (Å²) in [6.45, 7) is 6.63. The van der Waals surface area contributed by atoms with Gasteiger partial charge >= 0.3 is 0 Å². The van der Waals surface area contributed by atoms with Crippen LogP contribution < -0.4 is 9.47 Å². The van der Waals surface area contributed by atoms with Crippen molar-refractivity contribution in [1.82, 2.24) is 0 Å². The summed E-state index contributed by atoms with van der Waals surface area (Å²) in [7, 11) is 0. The summed E-state index contributed by atoms with van der Waals surface area (Å²) in [5.41, 5.74) is -0.253. The third-order valence-corrected chi connectivity index (χ3v) is 3.95. The molecule has 0 aliphatic rings. The lowest BCUT2D eigenvalue weighted by Gasteiger charge is -2.14. The quantitative estimate of drug-likeness (QED) is 0.197. The zero-order valence-electron chi connectivity index (χ0n) is 15.7. The van der Waals surface area contributed by atoms with Gasteiger partial charge in [0, 0.05) is 18.3 Å². The number of benzene rings is 1. The predicted molar refractivity (Wildman–Crippen MR) is 115 cm³/mol. The maximum Gasteiger partial charge on any atom is 0.156 e. The number of hydrogen-bond donors (Lipinski definition) is 0. The molecule has 0 unspecified atom stereocenters. The van der Waals surface area contributed by atoms with Gasteiger partial charge in [0.2, 0.25) is 0 Å². The molecule has 0 heterocycles. The van der Waals surface area contributed by atoms with Crippen molar-refractivity contribution in [3.63, 3.8) is 0 Å². The van der Waals surface area contributed by atoms with Crippen molar-refractivity contribution in [3.8, 4) is 11.5 Å². The number of ether oxygens (including phenoxy) is 2. The van der Waals surface area contributed by atoms with Gasteiger partial charge in [-0.1, -0.05) is 51.6 Å². The highest BCUT2D eigenvalue weighted by Crippen LogP contribution is 2.37. The van der Waals surface area contributed by atoms with Crippen LogP contribution in [0, 0.1) is 0 Å². The lowest BCUT2D eigenvalue weighted by molar-refractivity contribution is 0.00156. The Morgan fingerprint density at radius 3 is 2.30 bits per heavy atom. The van der Waals surface area contributed by atoms with Crippen molar-refractivity contribution in [2.45, 2.75) is 52.1 Å². The molecule has 8 heteroatoms. The topological polar surface area (TPSA) is 40.0 Å². The Labute approximate surface area is 181 Å². The first kappa shape index (κ1) is 24.2. The van der Waals surface area contributed by atoms with Crippen molar-refractivity contribution < 1.29 is 14.3 Å². The van der Waals surface area contributed by atoms with E-state index in [-0.39, 0.29) is 16.7 Å². The minimum Gasteiger partial charge on any atom is -0.490 e. The zero-order valence-corrected chi connectivity index (χ0v) is 18.8. The second-order valence-corrected chi connectivity index (χ2v) is 8.53. The first-order chi connectivity index (χ1) is 12.7. The fourth-order valence-corrected chi connectivity index (χ4v) is 2.60. The third kappa shape index (κ3) is 11.6. The fraction of sp³-hybridized carbons (Fsp3) is 0.526. The van der Waals surface area contributed by atoms with E-state index in [1.54, 1.807) is 18.3 Å². The second kappa shape index (κ2) is 12.6. The molecule has 1 aromatic carbocycles. The Morgan fingerprint density at radius 1 is 1.04 bits per heavy atom. The van der Waals surface area contributed by atoms with E-state index in [2.05, 4.69) is 5.16 Å². The number of oxime groups is 1. The molecule has 0 fully saturated rings. The van der Waals surface area contributed by atoms with Crippen molar-refractivity contribution in [2.24, 2.45) is 5.16 Å². The van der Waals surface area contributed by atoms with Crippen LogP contribution in [0.3, 0.4) is 0 Å². The van der Waals surface area contributed by atoms with E-state index in [0.29, 0.717) is 28.2 Å². The first-order valence-corrected chi connectivity index (χ1v) is 10.2. The highest BCUT2D eigenvalue weighted by atomic mass is 35.5. The van der Waals surface area contributed by atoms with Crippen LogP contribution >= 0.6 is 46.4 Å². The highest BCUT2D eigenvalue weighted by molar-refractivity contribution is 6.55. The molecule has 0 atom stereocenters. The van der Waals surface area contributed by atoms with Crippen LogP contribution in [0.25, 0.3) is 0 Å². The van der Waals surface area contributed by atoms with Crippen molar-refractivity contribution in [3.05, 3.63) is 32.7 Å². The van der Waals surface area contributed by atoms with Gasteiger partial charge in [-0.3, -0.25) is 0 Å². The molecule has 0 saturated carbocycles. The van der Waals surface area contributed by atoms with Crippen molar-refractivity contribution >= 4 is 52.6 Å². The monoisotopic (exact) mass is 455 g/mol. The predicted octanol–water partition coefficient (Wildman–Crippen LogP) is 7.43. The number of hydrogen-bond acceptors (Lipinski definition) is 4. The minimum atomic E-state index is -0.253. The van der Waals surface area contributed by atoms with Crippen molar-refractivity contribution in [2.75, 3.05) is 13.2 Å². The van der Waals surface area contributed by atoms with Crippen LogP contribution in [-0.2, 0) is 4.84 Å². The number of rotatable bonds is 11. The van der Waals surface area contributed by atoms with Gasteiger partial charge < -0.3 is 14.3 Å². The molecule has 0 spiro atoms. The Morgan fingerprint density at radius 2 is 1.70 bits per heavy atom. The molecule has 1 aromatic rings. The molecule has 0 aliphatic heterocycles. The van der Waals surface area contributed by atoms with Crippen molar-refractivity contribution in [1.29, 1.82) is 0 Å². The molecule has 27 heavy (non-hydrogen) atoms. The Hall–Kier alpha value is -0.810. The van der Waals surface area contributed by atoms with E-state index in [9.17, 15) is 0 Å². The molecule has 0 saturated heterocycles. The van der Waals surface area contributed by atoms with Crippen LogP contribution in [0.4, 0.5) is 0 Å². The van der Waals surface area contributed by atoms with Crippen LogP contribution in [0.5, 0.6) is 11.5 Å². The first-order valence-electron chi connectivity index (χ1n) is 8.65. The van der Waals surface area contributed by atoms with Crippen LogP contribution in [0.15, 0.2) is 27.9 Å². The summed E-state index contributed by atoms with van der Waals surface area (Å²) >= 11 is 23.5. The molecular formula is C19H25Cl4NO3. The second-order valence-electron chi connectivity index (χ2n) is 6.71. The highest BCUT2D eigenvalue weighted by Gasteiger charge is 2.11. The summed E-state index contributed by atoms with van der Waals surface area (Å²) in [5, 5.41) is 4.74. The third-order valence-electron chi connectivity index (χ3n) is 3.08. The Balaban J connectivity index is 2.31. The van der Waals surface area contributed by atoms with Crippen LogP contribution in [-0.4, -0.2) is 25.0 Å². The van der Waals surface area contributed by atoms with E-state index in [1.807, 2.05) is 20.8 Å². The van der Waals surface area contributed by atoms with Gasteiger partial charge in [0.1, 0.15) is 22.4 Å². The maximum absolute atomic E-state index is 6.22. The summed E-state index contributed by atoms with van der Waals surface area (Å²) < 4.78 is 11.3. The minimum absolute atomic E-state index is 0.139. The van der Waals surface area contributed by atoms with Gasteiger partial charge in [0.25, 0.3) is 0 Å². The van der Waals surface area contributed by atoms with E-state index in [4.69, 9.17) is 60.7 Å². The molecule has 0 aliphatic carbocycles. The van der Waals surface area contributed by atoms with E-state index < -0.39 is 0 Å². The molecule has 0 radical (unpaired) electrons. The summed E-state index contributed by atoms with van der Waals surface area (Å²) in [6.07, 6.45) is 7.08. The molecule has 0 bridgehead atoms. The molecule has 0 aromatic heterocycles. The van der Waals surface area contributed by atoms with Gasteiger partial charge in [-0.25, -0.2) is 0 Å². The standard InChI is InChI=1S/C19H25Cl4NO3/c1-19(2,3)27-24-9-6-4-5-7-10-26-18-15(20)12-14(13-16(18)21)25-11-8-17(22)23/h8-9,12-13H,4-7,10-11H2,1-3H3/b24-9+. The summed E-state index contributed by atoms with van der Waals surface area (Å²) in [6, 6.07) is 3.29. The van der Waals surface area contributed by atoms with E-state index in [1.165, 1.54) is 6.08 Å². The molecule has 4 nitrogen and oxygen atoms in total. The molecular weight excluding hydrogens is 432 g/mol. The van der Waals surface area contributed by atoms with Gasteiger partial charge in [-0.15, -0.1) is 0 Å². The smallest absolute Gasteiger partial charge is 0.156 e. The molecule has 0 amide bonds. The lowest BCUT2D eigenvalue weighted by atomic mass is 10.2. The van der Waals surface area contributed by atoms with E-state index in [0.717, 1.165) is 25.7 Å². The maximum atomic E-state index is 6.22. The molecule has 152 valence electrons. The largest absolute Gasteiger partial charge is 0.490 e. The van der Waals surface area contributed by atoms with Gasteiger partial charge in [0.15, 0.2) is 5.75 Å². The normalized spacial score (nSPS) is 11.5. The summed E-state index contributed by atoms with van der Waals surface area (Å²) in [5.74, 6) is 0.969. The Kier molecular flexibility index (Phi) is 11.3. The van der Waals surface area contributed by atoms with Crippen LogP contribution in [0.2, 0.25) is 10.0 Å². The van der Waals surface area contributed by atoms with Crippen LogP contribution in [0.1, 0.15) is 46.5 Å². The number of nitrogens with zero attached hydrogens (tertiary/aromatic N) is 1. The van der Waals surface area contributed by atoms with Gasteiger partial charge in [-0.2, -0.15) is 0 Å². The Bertz CT molecular complexity index is 615. The van der Waals surface area contributed by atoms with E-state index >= 15 is 0 Å². The SMILES string of the molecule is CC(C)(C)O/N=C/CCCCCOc1c(Cl)cc(OCC=C(Cl)Cl)cc1Cl. The average molecular weight is 457 g/mol. The number of unbranched alkanes of at least 4 members (excludes halogenated alkanes) is 3. The fourth-order valence-electron chi connectivity index (χ4n) is 1.90. The average Bonchev–Trinajstić information content (AvgIpc) is 2.54. The van der Waals surface area contributed by atoms with Gasteiger partial charge in [0.05, 0.1) is 16.7 Å². The molecule has 1 rings (SSSR count). The summed E-state index contributed by atoms with van der Waals surface area (Å²) in [4.78, 5) is 5.28.